The summed E-state index contributed by atoms with van der Waals surface area (Å²) in [6.07, 6.45) is 0. The van der Waals surface area contributed by atoms with Crippen LogP contribution in [0.5, 0.6) is 0 Å². The maximum absolute atomic E-state index is 11.6. The first-order valence-corrected chi connectivity index (χ1v) is 9.78. The van der Waals surface area contributed by atoms with Crippen LogP contribution in [-0.4, -0.2) is 26.4 Å². The predicted molar refractivity (Wildman–Crippen MR) is 79.9 cm³/mol. The zero-order valence-corrected chi connectivity index (χ0v) is 14.2. The molecule has 2 N–H and O–H groups in total. The number of nitrogens with zero attached hydrogens (tertiary/aromatic N) is 1. The van der Waals surface area contributed by atoms with Gasteiger partial charge in [-0.05, 0) is 18.1 Å². The van der Waals surface area contributed by atoms with E-state index in [1.54, 1.807) is 0 Å². The number of anilines is 1. The number of methoxy groups -OCH3 is 1. The van der Waals surface area contributed by atoms with Crippen LogP contribution in [0.2, 0.25) is 18.1 Å². The van der Waals surface area contributed by atoms with Gasteiger partial charge in [-0.3, -0.25) is 0 Å². The normalized spacial score (nSPS) is 12.5. The van der Waals surface area contributed by atoms with E-state index in [0.29, 0.717) is 11.7 Å². The number of hydrogen-bond donors (Lipinski definition) is 1. The summed E-state index contributed by atoms with van der Waals surface area (Å²) in [5.41, 5.74) is 5.92. The van der Waals surface area contributed by atoms with E-state index in [4.69, 9.17) is 14.9 Å². The zero-order chi connectivity index (χ0) is 14.8. The Morgan fingerprint density at radius 3 is 2.47 bits per heavy atom. The third-order valence-corrected chi connectivity index (χ3v) is 8.80. The van der Waals surface area contributed by atoms with Crippen molar-refractivity contribution in [2.75, 3.05) is 12.8 Å². The first kappa shape index (κ1) is 16.1. The summed E-state index contributed by atoms with van der Waals surface area (Å²) in [6, 6.07) is 0. The van der Waals surface area contributed by atoms with Gasteiger partial charge in [0.05, 0.1) is 18.6 Å². The van der Waals surface area contributed by atoms with Gasteiger partial charge in [0.15, 0.2) is 19.1 Å². The highest BCUT2D eigenvalue weighted by Crippen LogP contribution is 2.37. The highest BCUT2D eigenvalue weighted by atomic mass is 32.1. The molecule has 0 saturated heterocycles. The summed E-state index contributed by atoms with van der Waals surface area (Å²) < 4.78 is 10.8. The predicted octanol–water partition coefficient (Wildman–Crippen LogP) is 3.03. The number of carbonyl (C=O) groups excluding carboxylic acids is 1. The van der Waals surface area contributed by atoms with Crippen LogP contribution in [0.15, 0.2) is 0 Å². The Morgan fingerprint density at radius 2 is 2.00 bits per heavy atom. The van der Waals surface area contributed by atoms with E-state index in [2.05, 4.69) is 38.8 Å². The van der Waals surface area contributed by atoms with E-state index >= 15 is 0 Å². The summed E-state index contributed by atoms with van der Waals surface area (Å²) in [7, 11) is -0.531. The number of carbonyl (C=O) groups is 1. The molecule has 0 fully saturated rings. The van der Waals surface area contributed by atoms with E-state index in [0.717, 1.165) is 4.88 Å². The lowest BCUT2D eigenvalue weighted by atomic mass is 10.2. The molecule has 7 heteroatoms. The number of esters is 1. The van der Waals surface area contributed by atoms with Crippen molar-refractivity contribution in [1.82, 2.24) is 4.98 Å². The smallest absolute Gasteiger partial charge is 0.358 e. The van der Waals surface area contributed by atoms with Gasteiger partial charge in [0.25, 0.3) is 0 Å². The number of rotatable bonds is 4. The maximum Gasteiger partial charge on any atom is 0.358 e. The fourth-order valence-corrected chi connectivity index (χ4v) is 2.96. The third kappa shape index (κ3) is 3.77. The van der Waals surface area contributed by atoms with E-state index in [1.165, 1.54) is 18.4 Å². The van der Waals surface area contributed by atoms with E-state index in [1.807, 2.05) is 0 Å². The SMILES string of the molecule is COC(=O)c1nc(N)sc1CO[Si](C)(C)C(C)(C)C. The Morgan fingerprint density at radius 1 is 1.42 bits per heavy atom. The van der Waals surface area contributed by atoms with Crippen molar-refractivity contribution < 1.29 is 14.0 Å². The zero-order valence-electron chi connectivity index (χ0n) is 12.4. The Kier molecular flexibility index (Phi) is 4.75. The molecule has 0 saturated carbocycles. The molecule has 0 aromatic carbocycles. The Balaban J connectivity index is 2.87. The summed E-state index contributed by atoms with van der Waals surface area (Å²) in [5.74, 6) is -0.471. The lowest BCUT2D eigenvalue weighted by molar-refractivity contribution is 0.0592. The first-order chi connectivity index (χ1) is 8.58. The van der Waals surface area contributed by atoms with Crippen LogP contribution in [0.4, 0.5) is 5.13 Å². The summed E-state index contributed by atoms with van der Waals surface area (Å²) in [5, 5.41) is 0.475. The molecule has 0 amide bonds. The van der Waals surface area contributed by atoms with E-state index < -0.39 is 14.3 Å². The van der Waals surface area contributed by atoms with Crippen molar-refractivity contribution in [2.24, 2.45) is 0 Å². The molecule has 19 heavy (non-hydrogen) atoms. The van der Waals surface area contributed by atoms with Crippen LogP contribution in [0, 0.1) is 0 Å². The van der Waals surface area contributed by atoms with Crippen LogP contribution in [0.1, 0.15) is 36.1 Å². The molecule has 1 aromatic heterocycles. The number of thiazole rings is 1. The van der Waals surface area contributed by atoms with Gasteiger partial charge in [0.1, 0.15) is 0 Å². The van der Waals surface area contributed by atoms with Gasteiger partial charge in [0, 0.05) is 0 Å². The van der Waals surface area contributed by atoms with Crippen LogP contribution in [-0.2, 0) is 15.8 Å². The quantitative estimate of drug-likeness (QED) is 0.683. The summed E-state index contributed by atoms with van der Waals surface area (Å²) in [6.45, 7) is 11.2. The standard InChI is InChI=1S/C12H22N2O3SSi/c1-12(2,3)19(5,6)17-7-8-9(10(15)16-4)14-11(13)18-8/h7H2,1-6H3,(H2,13,14). The van der Waals surface area contributed by atoms with E-state index in [-0.39, 0.29) is 10.7 Å². The molecule has 0 atom stereocenters. The van der Waals surface area contributed by atoms with Gasteiger partial charge in [-0.15, -0.1) is 0 Å². The fraction of sp³-hybridized carbons (Fsp3) is 0.667. The highest BCUT2D eigenvalue weighted by molar-refractivity contribution is 7.15. The second-order valence-electron chi connectivity index (χ2n) is 5.86. The molecule has 0 bridgehead atoms. The van der Waals surface area contributed by atoms with Gasteiger partial charge in [-0.2, -0.15) is 0 Å². The molecular weight excluding hydrogens is 280 g/mol. The summed E-state index contributed by atoms with van der Waals surface area (Å²) in [4.78, 5) is 16.3. The number of ether oxygens (including phenoxy) is 1. The molecule has 0 aliphatic heterocycles. The average molecular weight is 302 g/mol. The average Bonchev–Trinajstić information content (AvgIpc) is 2.65. The van der Waals surface area contributed by atoms with Crippen molar-refractivity contribution in [3.05, 3.63) is 10.6 Å². The Hall–Kier alpha value is -0.923. The van der Waals surface area contributed by atoms with Crippen molar-refractivity contribution in [3.8, 4) is 0 Å². The van der Waals surface area contributed by atoms with Crippen molar-refractivity contribution in [1.29, 1.82) is 0 Å². The van der Waals surface area contributed by atoms with Crippen molar-refractivity contribution in [3.63, 3.8) is 0 Å². The molecule has 1 aromatic rings. The summed E-state index contributed by atoms with van der Waals surface area (Å²) >= 11 is 1.27. The van der Waals surface area contributed by atoms with Crippen LogP contribution >= 0.6 is 11.3 Å². The molecule has 5 nitrogen and oxygen atoms in total. The minimum atomic E-state index is -1.86. The van der Waals surface area contributed by atoms with Gasteiger partial charge in [-0.1, -0.05) is 32.1 Å². The minimum absolute atomic E-state index is 0.120. The van der Waals surface area contributed by atoms with E-state index in [9.17, 15) is 4.79 Å². The molecule has 0 radical (unpaired) electrons. The number of aromatic nitrogens is 1. The minimum Gasteiger partial charge on any atom is -0.464 e. The van der Waals surface area contributed by atoms with Gasteiger partial charge in [-0.25, -0.2) is 9.78 Å². The molecule has 1 heterocycles. The Labute approximate surface area is 119 Å². The molecule has 0 unspecified atom stereocenters. The molecule has 0 aliphatic rings. The third-order valence-electron chi connectivity index (χ3n) is 3.46. The molecule has 0 spiro atoms. The molecule has 0 aliphatic carbocycles. The van der Waals surface area contributed by atoms with Crippen LogP contribution in [0.25, 0.3) is 0 Å². The van der Waals surface area contributed by atoms with Crippen molar-refractivity contribution in [2.45, 2.75) is 45.5 Å². The lowest BCUT2D eigenvalue weighted by Crippen LogP contribution is -2.40. The molecule has 108 valence electrons. The number of nitrogens with two attached hydrogens (primary N) is 1. The largest absolute Gasteiger partial charge is 0.464 e. The second-order valence-corrected chi connectivity index (χ2v) is 11.8. The van der Waals surface area contributed by atoms with Crippen LogP contribution < -0.4 is 5.73 Å². The highest BCUT2D eigenvalue weighted by Gasteiger charge is 2.37. The lowest BCUT2D eigenvalue weighted by Gasteiger charge is -2.36. The fourth-order valence-electron chi connectivity index (χ4n) is 1.19. The van der Waals surface area contributed by atoms with Gasteiger partial charge < -0.3 is 14.9 Å². The topological polar surface area (TPSA) is 74.4 Å². The monoisotopic (exact) mass is 302 g/mol. The van der Waals surface area contributed by atoms with Crippen molar-refractivity contribution >= 4 is 30.8 Å². The number of hydrogen-bond acceptors (Lipinski definition) is 6. The number of nitrogen functional groups attached to an aromatic ring is 1. The van der Waals surface area contributed by atoms with Gasteiger partial charge in [0.2, 0.25) is 0 Å². The van der Waals surface area contributed by atoms with Gasteiger partial charge >= 0.3 is 5.97 Å². The molecular formula is C12H22N2O3SSi. The molecule has 1 rings (SSSR count). The Bertz CT molecular complexity index is 466. The maximum atomic E-state index is 11.6. The first-order valence-electron chi connectivity index (χ1n) is 6.06. The van der Waals surface area contributed by atoms with Crippen LogP contribution in [0.3, 0.4) is 0 Å². The second kappa shape index (κ2) is 5.60.